The molecule has 0 atom stereocenters. The lowest BCUT2D eigenvalue weighted by molar-refractivity contribution is 1.39. The Morgan fingerprint density at radius 1 is 0.417 bits per heavy atom. The van der Waals surface area contributed by atoms with Crippen molar-refractivity contribution >= 4 is 10.8 Å². The molecule has 0 aromatic heterocycles. The highest BCUT2D eigenvalue weighted by molar-refractivity contribution is 5.80. The lowest BCUT2D eigenvalue weighted by Crippen LogP contribution is -2.47. The van der Waals surface area contributed by atoms with E-state index in [0.29, 0.717) is 0 Å². The van der Waals surface area contributed by atoms with Crippen molar-refractivity contribution in [3.05, 3.63) is 124 Å². The molecule has 0 heterocycles. The first-order valence-corrected chi connectivity index (χ1v) is 7.01. The first-order valence-electron chi connectivity index (χ1n) is 7.01. The largest absolute Gasteiger partial charge is 0.289 e. The van der Waals surface area contributed by atoms with Crippen LogP contribution in [0, 0.1) is 0 Å². The van der Waals surface area contributed by atoms with Gasteiger partial charge in [-0.3, -0.25) is 24.0 Å². The van der Waals surface area contributed by atoms with E-state index in [2.05, 4.69) is 0 Å². The molecule has 118 valence electrons. The van der Waals surface area contributed by atoms with E-state index in [1.165, 1.54) is 18.2 Å². The summed E-state index contributed by atoms with van der Waals surface area (Å²) in [7, 11) is 0. The summed E-state index contributed by atoms with van der Waals surface area (Å²) in [5.41, 5.74) is -6.13. The monoisotopic (exact) mass is 320 g/mol. The molecule has 0 aliphatic heterocycles. The zero-order valence-corrected chi connectivity index (χ0v) is 12.5. The molecular formula is C19H12O5. The lowest BCUT2D eigenvalue weighted by atomic mass is 10.1. The molecule has 0 unspecified atom stereocenters. The van der Waals surface area contributed by atoms with E-state index in [1.807, 2.05) is 0 Å². The SMILES string of the molecule is O=c1c(=O)c(=O)c2c(=O)ccccccccccccc2c1=O. The summed E-state index contributed by atoms with van der Waals surface area (Å²) in [5, 5.41) is -0.954. The highest BCUT2D eigenvalue weighted by atomic mass is 16.2. The van der Waals surface area contributed by atoms with Crippen molar-refractivity contribution in [3.8, 4) is 0 Å². The maximum absolute atomic E-state index is 12.2. The van der Waals surface area contributed by atoms with Gasteiger partial charge in [0.1, 0.15) is 0 Å². The summed E-state index contributed by atoms with van der Waals surface area (Å²) >= 11 is 0. The molecule has 0 bridgehead atoms. The number of hydrogen-bond donors (Lipinski definition) is 0. The molecule has 2 rings (SSSR count). The van der Waals surface area contributed by atoms with Gasteiger partial charge in [-0.1, -0.05) is 66.7 Å². The lowest BCUT2D eigenvalue weighted by Gasteiger charge is -1.87. The van der Waals surface area contributed by atoms with Crippen LogP contribution in [0.15, 0.2) is 96.8 Å². The minimum atomic E-state index is -1.48. The number of hydrogen-bond acceptors (Lipinski definition) is 5. The Morgan fingerprint density at radius 3 is 1.38 bits per heavy atom. The van der Waals surface area contributed by atoms with Crippen LogP contribution in [-0.2, 0) is 0 Å². The molecule has 2 aromatic carbocycles. The van der Waals surface area contributed by atoms with Gasteiger partial charge in [0, 0.05) is 5.39 Å². The first kappa shape index (κ1) is 16.9. The molecule has 0 aliphatic carbocycles. The maximum atomic E-state index is 12.2. The molecule has 0 N–H and O–H groups in total. The topological polar surface area (TPSA) is 85.3 Å². The van der Waals surface area contributed by atoms with E-state index in [1.54, 1.807) is 48.5 Å². The van der Waals surface area contributed by atoms with Gasteiger partial charge in [0.25, 0.3) is 10.9 Å². The molecule has 0 saturated heterocycles. The molecule has 5 nitrogen and oxygen atoms in total. The minimum Gasteiger partial charge on any atom is -0.289 e. The van der Waals surface area contributed by atoms with Gasteiger partial charge in [0.05, 0.1) is 5.39 Å². The highest BCUT2D eigenvalue weighted by Gasteiger charge is 2.12. The third kappa shape index (κ3) is 3.64. The van der Waals surface area contributed by atoms with Gasteiger partial charge in [-0.05, 0) is 6.07 Å². The second-order valence-electron chi connectivity index (χ2n) is 4.73. The summed E-state index contributed by atoms with van der Waals surface area (Å²) in [6, 6.07) is 18.5. The fourth-order valence-electron chi connectivity index (χ4n) is 1.97. The van der Waals surface area contributed by atoms with Gasteiger partial charge in [-0.25, -0.2) is 0 Å². The van der Waals surface area contributed by atoms with Crippen LogP contribution in [0.3, 0.4) is 0 Å². The van der Waals surface area contributed by atoms with Gasteiger partial charge in [0.15, 0.2) is 5.43 Å². The molecule has 0 fully saturated rings. The van der Waals surface area contributed by atoms with Crippen molar-refractivity contribution in [2.24, 2.45) is 0 Å². The van der Waals surface area contributed by atoms with Crippen LogP contribution in [-0.4, -0.2) is 0 Å². The van der Waals surface area contributed by atoms with E-state index in [0.717, 1.165) is 6.07 Å². The normalized spacial score (nSPS) is 9.67. The molecule has 24 heavy (non-hydrogen) atoms. The molecule has 0 radical (unpaired) electrons. The summed E-state index contributed by atoms with van der Waals surface area (Å²) in [6.07, 6.45) is 0. The van der Waals surface area contributed by atoms with Gasteiger partial charge in [-0.15, -0.1) is 0 Å². The average Bonchev–Trinajstić information content (AvgIpc) is 2.58. The maximum Gasteiger partial charge on any atom is 0.277 e. The van der Waals surface area contributed by atoms with Gasteiger partial charge < -0.3 is 0 Å². The second-order valence-corrected chi connectivity index (χ2v) is 4.73. The smallest absolute Gasteiger partial charge is 0.277 e. The van der Waals surface area contributed by atoms with Crippen molar-refractivity contribution in [3.63, 3.8) is 0 Å². The van der Waals surface area contributed by atoms with E-state index < -0.39 is 32.5 Å². The highest BCUT2D eigenvalue weighted by Crippen LogP contribution is 1.92. The fraction of sp³-hybridized carbons (Fsp3) is 0. The van der Waals surface area contributed by atoms with E-state index in [9.17, 15) is 24.0 Å². The second kappa shape index (κ2) is 7.69. The van der Waals surface area contributed by atoms with Crippen LogP contribution < -0.4 is 27.1 Å². The summed E-state index contributed by atoms with van der Waals surface area (Å²) in [6.45, 7) is 0. The van der Waals surface area contributed by atoms with Crippen molar-refractivity contribution in [2.45, 2.75) is 0 Å². The van der Waals surface area contributed by atoms with E-state index >= 15 is 0 Å². The fourth-order valence-corrected chi connectivity index (χ4v) is 1.97. The zero-order chi connectivity index (χ0) is 17.5. The van der Waals surface area contributed by atoms with Crippen LogP contribution in [0.4, 0.5) is 0 Å². The molecule has 0 amide bonds. The van der Waals surface area contributed by atoms with Crippen LogP contribution >= 0.6 is 0 Å². The van der Waals surface area contributed by atoms with Crippen molar-refractivity contribution in [1.82, 2.24) is 0 Å². The third-order valence-electron chi connectivity index (χ3n) is 3.12. The minimum absolute atomic E-state index is 0.371. The van der Waals surface area contributed by atoms with Crippen molar-refractivity contribution < 1.29 is 0 Å². The van der Waals surface area contributed by atoms with Gasteiger partial charge in [0.2, 0.25) is 10.9 Å². The molecule has 0 spiro atoms. The first-order chi connectivity index (χ1) is 11.5. The molecular weight excluding hydrogens is 308 g/mol. The standard InChI is InChI=1S/C19H12O5/c20-14-12-10-8-6-4-2-1-3-5-7-9-11-13-15(14)17(22)19(24)18(23)16(13)21/h1-12H. The summed E-state index contributed by atoms with van der Waals surface area (Å²) in [5.74, 6) is 0. The van der Waals surface area contributed by atoms with E-state index in [4.69, 9.17) is 0 Å². The Morgan fingerprint density at radius 2 is 0.833 bits per heavy atom. The molecule has 0 saturated carbocycles. The summed E-state index contributed by atoms with van der Waals surface area (Å²) in [4.78, 5) is 59.3. The Hall–Kier alpha value is -3.47. The van der Waals surface area contributed by atoms with Crippen LogP contribution in [0.1, 0.15) is 0 Å². The number of benzene rings is 1. The average molecular weight is 320 g/mol. The van der Waals surface area contributed by atoms with Crippen LogP contribution in [0.2, 0.25) is 0 Å². The molecule has 0 aliphatic rings. The molecule has 2 aromatic rings. The predicted octanol–water partition coefficient (Wildman–Crippen LogP) is 0.765. The van der Waals surface area contributed by atoms with E-state index in [-0.39, 0.29) is 5.39 Å². The Bertz CT molecular complexity index is 1160. The third-order valence-corrected chi connectivity index (χ3v) is 3.12. The summed E-state index contributed by atoms with van der Waals surface area (Å²) < 4.78 is 0. The predicted molar refractivity (Wildman–Crippen MR) is 92.9 cm³/mol. The van der Waals surface area contributed by atoms with Gasteiger partial charge >= 0.3 is 0 Å². The Labute approximate surface area is 135 Å². The Balaban J connectivity index is 3.15. The Kier molecular flexibility index (Phi) is 5.41. The quantitative estimate of drug-likeness (QED) is 0.669. The zero-order valence-electron chi connectivity index (χ0n) is 12.5. The van der Waals surface area contributed by atoms with Gasteiger partial charge in [-0.2, -0.15) is 0 Å². The van der Waals surface area contributed by atoms with Crippen molar-refractivity contribution in [1.29, 1.82) is 0 Å². The van der Waals surface area contributed by atoms with Crippen LogP contribution in [0.25, 0.3) is 10.8 Å². The van der Waals surface area contributed by atoms with Crippen molar-refractivity contribution in [2.75, 3.05) is 0 Å². The van der Waals surface area contributed by atoms with Crippen LogP contribution in [0.5, 0.6) is 0 Å². The number of rotatable bonds is 0. The number of fused-ring (bicyclic) bond motifs is 1. The molecule has 5 heteroatoms.